The van der Waals surface area contributed by atoms with Crippen molar-refractivity contribution in [1.29, 1.82) is 0 Å². The van der Waals surface area contributed by atoms with Crippen LogP contribution in [0.2, 0.25) is 0 Å². The fourth-order valence-corrected chi connectivity index (χ4v) is 3.50. The van der Waals surface area contributed by atoms with Crippen molar-refractivity contribution >= 4 is 35.6 Å². The third-order valence-electron chi connectivity index (χ3n) is 5.32. The second-order valence-corrected chi connectivity index (χ2v) is 11.8. The summed E-state index contributed by atoms with van der Waals surface area (Å²) in [7, 11) is 1.38. The van der Waals surface area contributed by atoms with Crippen molar-refractivity contribution in [3.63, 3.8) is 0 Å². The number of urea groups is 1. The van der Waals surface area contributed by atoms with E-state index < -0.39 is 53.2 Å². The molecule has 13 nitrogen and oxygen atoms in total. The summed E-state index contributed by atoms with van der Waals surface area (Å²) in [5.41, 5.74) is 4.14. The Balaban J connectivity index is 3.15. The molecular formula is C28H45N5O8. The molecule has 0 fully saturated rings. The minimum Gasteiger partial charge on any atom is -0.495 e. The number of nitrogens with one attached hydrogen (secondary N) is 4. The number of methoxy groups -OCH3 is 1. The Bertz CT molecular complexity index is 1090. The number of hydrogen-bond donors (Lipinski definition) is 5. The molecule has 0 heterocycles. The maximum atomic E-state index is 13.4. The van der Waals surface area contributed by atoms with E-state index in [0.717, 1.165) is 0 Å². The highest BCUT2D eigenvalue weighted by Gasteiger charge is 2.31. The van der Waals surface area contributed by atoms with Gasteiger partial charge in [-0.15, -0.1) is 0 Å². The first-order chi connectivity index (χ1) is 18.8. The van der Waals surface area contributed by atoms with Crippen LogP contribution in [-0.4, -0.2) is 66.8 Å². The van der Waals surface area contributed by atoms with E-state index in [2.05, 4.69) is 21.3 Å². The standard InChI is InChI=1S/C28H45N5O8/c1-16(2)21(33-26(38)41-28(6,7)8)23(35)32-19(11-10-14-30-25(29)37)22(34)31-18-13-12-17(15-20(18)39-9)24(36)40-27(3,4)5/h12-13,15-16,19,21H,10-11,14H2,1-9H3,(H,31,34)(H,32,35)(H,33,38)(H3,29,30,37)/t19-,21-/m0/s1. The Kier molecular flexibility index (Phi) is 12.9. The molecule has 0 radical (unpaired) electrons. The molecule has 1 aromatic carbocycles. The Morgan fingerprint density at radius 2 is 1.51 bits per heavy atom. The van der Waals surface area contributed by atoms with Crippen molar-refractivity contribution in [2.45, 2.75) is 91.5 Å². The summed E-state index contributed by atoms with van der Waals surface area (Å²) < 4.78 is 16.0. The van der Waals surface area contributed by atoms with Gasteiger partial charge in [0.1, 0.15) is 29.0 Å². The van der Waals surface area contributed by atoms with Crippen molar-refractivity contribution in [1.82, 2.24) is 16.0 Å². The molecule has 0 unspecified atom stereocenters. The van der Waals surface area contributed by atoms with E-state index in [-0.39, 0.29) is 35.9 Å². The van der Waals surface area contributed by atoms with E-state index in [1.54, 1.807) is 55.4 Å². The zero-order chi connectivity index (χ0) is 31.5. The van der Waals surface area contributed by atoms with Gasteiger partial charge in [-0.1, -0.05) is 13.8 Å². The third kappa shape index (κ3) is 13.3. The Morgan fingerprint density at radius 3 is 2.02 bits per heavy atom. The zero-order valence-corrected chi connectivity index (χ0v) is 25.4. The average molecular weight is 580 g/mol. The number of rotatable bonds is 12. The van der Waals surface area contributed by atoms with Gasteiger partial charge in [-0.3, -0.25) is 9.59 Å². The van der Waals surface area contributed by atoms with E-state index in [1.165, 1.54) is 25.3 Å². The van der Waals surface area contributed by atoms with Gasteiger partial charge in [0.25, 0.3) is 0 Å². The van der Waals surface area contributed by atoms with Crippen molar-refractivity contribution < 1.29 is 38.2 Å². The SMILES string of the molecule is COc1cc(C(=O)OC(C)(C)C)ccc1NC(=O)[C@H](CCCNC(N)=O)NC(=O)[C@@H](NC(=O)OC(C)(C)C)C(C)C. The lowest BCUT2D eigenvalue weighted by Crippen LogP contribution is -2.55. The Hall–Kier alpha value is -4.03. The maximum absolute atomic E-state index is 13.4. The topological polar surface area (TPSA) is 187 Å². The van der Waals surface area contributed by atoms with Crippen LogP contribution in [0.3, 0.4) is 0 Å². The normalized spacial score (nSPS) is 12.9. The minimum absolute atomic E-state index is 0.132. The number of benzene rings is 1. The summed E-state index contributed by atoms with van der Waals surface area (Å²) in [6.07, 6.45) is -0.331. The van der Waals surface area contributed by atoms with E-state index in [1.807, 2.05) is 0 Å². The van der Waals surface area contributed by atoms with E-state index in [0.29, 0.717) is 6.42 Å². The molecule has 0 aliphatic rings. The van der Waals surface area contributed by atoms with Crippen LogP contribution >= 0.6 is 0 Å². The lowest BCUT2D eigenvalue weighted by Gasteiger charge is -2.27. The summed E-state index contributed by atoms with van der Waals surface area (Å²) in [4.78, 5) is 62.4. The van der Waals surface area contributed by atoms with Crippen LogP contribution < -0.4 is 31.7 Å². The molecule has 41 heavy (non-hydrogen) atoms. The van der Waals surface area contributed by atoms with Crippen molar-refractivity contribution in [2.24, 2.45) is 11.7 Å². The third-order valence-corrected chi connectivity index (χ3v) is 5.32. The van der Waals surface area contributed by atoms with Crippen molar-refractivity contribution in [3.05, 3.63) is 23.8 Å². The van der Waals surface area contributed by atoms with Gasteiger partial charge in [-0.25, -0.2) is 14.4 Å². The molecular weight excluding hydrogens is 534 g/mol. The number of anilines is 1. The number of amides is 5. The molecule has 0 bridgehead atoms. The number of nitrogens with two attached hydrogens (primary N) is 1. The molecule has 0 aliphatic carbocycles. The summed E-state index contributed by atoms with van der Waals surface area (Å²) in [6, 6.07) is 1.64. The predicted molar refractivity (Wildman–Crippen MR) is 154 cm³/mol. The first-order valence-electron chi connectivity index (χ1n) is 13.4. The number of ether oxygens (including phenoxy) is 3. The summed E-state index contributed by atoms with van der Waals surface area (Å²) in [6.45, 7) is 14.0. The van der Waals surface area contributed by atoms with Crippen LogP contribution in [0.25, 0.3) is 0 Å². The average Bonchev–Trinajstić information content (AvgIpc) is 2.81. The number of esters is 1. The lowest BCUT2D eigenvalue weighted by molar-refractivity contribution is -0.128. The van der Waals surface area contributed by atoms with Gasteiger partial charge in [0.2, 0.25) is 11.8 Å². The van der Waals surface area contributed by atoms with Crippen molar-refractivity contribution in [2.75, 3.05) is 19.0 Å². The summed E-state index contributed by atoms with van der Waals surface area (Å²) in [5.74, 6) is -1.86. The highest BCUT2D eigenvalue weighted by Crippen LogP contribution is 2.27. The Labute approximate surface area is 241 Å². The molecule has 1 rings (SSSR count). The maximum Gasteiger partial charge on any atom is 0.408 e. The smallest absolute Gasteiger partial charge is 0.408 e. The van der Waals surface area contributed by atoms with Crippen LogP contribution in [0.4, 0.5) is 15.3 Å². The fraction of sp³-hybridized carbons (Fsp3) is 0.607. The van der Waals surface area contributed by atoms with Gasteiger partial charge >= 0.3 is 18.1 Å². The van der Waals surface area contributed by atoms with E-state index >= 15 is 0 Å². The first-order valence-corrected chi connectivity index (χ1v) is 13.4. The van der Waals surface area contributed by atoms with Gasteiger partial charge in [0.05, 0.1) is 18.4 Å². The summed E-state index contributed by atoms with van der Waals surface area (Å²) in [5, 5.41) is 10.4. The number of carbonyl (C=O) groups is 5. The van der Waals surface area contributed by atoms with Crippen LogP contribution in [0.15, 0.2) is 18.2 Å². The predicted octanol–water partition coefficient (Wildman–Crippen LogP) is 3.07. The molecule has 0 spiro atoms. The van der Waals surface area contributed by atoms with Gasteiger partial charge in [0.15, 0.2) is 0 Å². The molecule has 0 aliphatic heterocycles. The number of primary amides is 1. The van der Waals surface area contributed by atoms with Gasteiger partial charge in [0, 0.05) is 6.54 Å². The second kappa shape index (κ2) is 15.1. The van der Waals surface area contributed by atoms with Gasteiger partial charge in [-0.2, -0.15) is 0 Å². The second-order valence-electron chi connectivity index (χ2n) is 11.8. The Morgan fingerprint density at radius 1 is 0.902 bits per heavy atom. The largest absolute Gasteiger partial charge is 0.495 e. The first kappa shape index (κ1) is 35.0. The molecule has 0 saturated heterocycles. The molecule has 2 atom stereocenters. The molecule has 0 aromatic heterocycles. The molecule has 230 valence electrons. The molecule has 6 N–H and O–H groups in total. The number of carbonyl (C=O) groups excluding carboxylic acids is 5. The quantitative estimate of drug-likeness (QED) is 0.184. The van der Waals surface area contributed by atoms with E-state index in [9.17, 15) is 24.0 Å². The van der Waals surface area contributed by atoms with Crippen LogP contribution in [0.5, 0.6) is 5.75 Å². The fourth-order valence-electron chi connectivity index (χ4n) is 3.50. The van der Waals surface area contributed by atoms with E-state index in [4.69, 9.17) is 19.9 Å². The van der Waals surface area contributed by atoms with Crippen LogP contribution in [-0.2, 0) is 19.1 Å². The molecule has 1 aromatic rings. The number of alkyl carbamates (subject to hydrolysis) is 1. The highest BCUT2D eigenvalue weighted by molar-refractivity contribution is 6.00. The molecule has 13 heteroatoms. The zero-order valence-electron chi connectivity index (χ0n) is 25.4. The molecule has 5 amide bonds. The van der Waals surface area contributed by atoms with Gasteiger partial charge in [-0.05, 0) is 78.5 Å². The lowest BCUT2D eigenvalue weighted by atomic mass is 10.0. The summed E-state index contributed by atoms with van der Waals surface area (Å²) >= 11 is 0. The monoisotopic (exact) mass is 579 g/mol. The molecule has 0 saturated carbocycles. The van der Waals surface area contributed by atoms with Gasteiger partial charge < -0.3 is 41.2 Å². The minimum atomic E-state index is -1.06. The highest BCUT2D eigenvalue weighted by atomic mass is 16.6. The number of hydrogen-bond acceptors (Lipinski definition) is 8. The van der Waals surface area contributed by atoms with Crippen LogP contribution in [0.1, 0.15) is 78.6 Å². The van der Waals surface area contributed by atoms with Crippen LogP contribution in [0, 0.1) is 5.92 Å². The van der Waals surface area contributed by atoms with Crippen molar-refractivity contribution in [3.8, 4) is 5.75 Å².